The molecule has 3 rings (SSSR count). The summed E-state index contributed by atoms with van der Waals surface area (Å²) < 4.78 is 2.18. The van der Waals surface area contributed by atoms with E-state index < -0.39 is 0 Å². The molecule has 0 aliphatic carbocycles. The Bertz CT molecular complexity index is 734. The minimum Gasteiger partial charge on any atom is -0.352 e. The van der Waals surface area contributed by atoms with E-state index in [1.807, 2.05) is 37.8 Å². The quantitative estimate of drug-likeness (QED) is 0.724. The van der Waals surface area contributed by atoms with Gasteiger partial charge in [0.2, 0.25) is 0 Å². The molecule has 0 aliphatic heterocycles. The van der Waals surface area contributed by atoms with Crippen molar-refractivity contribution in [3.05, 3.63) is 78.0 Å². The fourth-order valence-corrected chi connectivity index (χ4v) is 2.44. The molecule has 2 aromatic heterocycles. The van der Waals surface area contributed by atoms with Crippen molar-refractivity contribution in [2.45, 2.75) is 20.0 Å². The fourth-order valence-electron chi connectivity index (χ4n) is 2.44. The molecule has 0 saturated heterocycles. The summed E-state index contributed by atoms with van der Waals surface area (Å²) >= 11 is 0. The predicted molar refractivity (Wildman–Crippen MR) is 88.9 cm³/mol. The zero-order valence-electron chi connectivity index (χ0n) is 13.0. The first kappa shape index (κ1) is 14.3. The second-order valence-electron chi connectivity index (χ2n) is 5.50. The van der Waals surface area contributed by atoms with Gasteiger partial charge in [0.1, 0.15) is 11.6 Å². The Kier molecular flexibility index (Phi) is 4.19. The lowest BCUT2D eigenvalue weighted by Crippen LogP contribution is -2.21. The highest BCUT2D eigenvalue weighted by atomic mass is 15.2. The van der Waals surface area contributed by atoms with E-state index in [1.54, 1.807) is 0 Å². The molecule has 0 unspecified atom stereocenters. The second kappa shape index (κ2) is 6.43. The molecule has 4 heteroatoms. The van der Waals surface area contributed by atoms with Crippen molar-refractivity contribution in [3.63, 3.8) is 0 Å². The largest absolute Gasteiger partial charge is 0.352 e. The lowest BCUT2D eigenvalue weighted by Gasteiger charge is -2.19. The Balaban J connectivity index is 1.75. The van der Waals surface area contributed by atoms with E-state index in [1.165, 1.54) is 11.1 Å². The Morgan fingerprint density at radius 2 is 1.86 bits per heavy atom. The van der Waals surface area contributed by atoms with Crippen LogP contribution in [0.3, 0.4) is 0 Å². The van der Waals surface area contributed by atoms with Crippen LogP contribution in [0.25, 0.3) is 0 Å². The molecule has 1 aromatic carbocycles. The molecule has 0 atom stereocenters. The number of hydrogen-bond donors (Lipinski definition) is 0. The van der Waals surface area contributed by atoms with Gasteiger partial charge < -0.3 is 9.47 Å². The molecule has 0 spiro atoms. The minimum absolute atomic E-state index is 0.732. The van der Waals surface area contributed by atoms with E-state index in [9.17, 15) is 0 Å². The van der Waals surface area contributed by atoms with E-state index >= 15 is 0 Å². The van der Waals surface area contributed by atoms with Gasteiger partial charge >= 0.3 is 0 Å². The third kappa shape index (κ3) is 3.34. The summed E-state index contributed by atoms with van der Waals surface area (Å²) in [5.41, 5.74) is 2.49. The average molecular weight is 292 g/mol. The van der Waals surface area contributed by atoms with Crippen LogP contribution in [0.1, 0.15) is 17.0 Å². The van der Waals surface area contributed by atoms with Crippen molar-refractivity contribution in [1.29, 1.82) is 0 Å². The number of pyridine rings is 1. The monoisotopic (exact) mass is 292 g/mol. The standard InChI is InChI=1S/C18H20N4/c1-15-8-9-19-17(12-15)21(2)14-18-20-10-11-22(18)13-16-6-4-3-5-7-16/h3-12H,13-14H2,1-2H3. The van der Waals surface area contributed by atoms with Gasteiger partial charge in [-0.1, -0.05) is 30.3 Å². The molecule has 0 N–H and O–H groups in total. The predicted octanol–water partition coefficient (Wildman–Crippen LogP) is 3.27. The highest BCUT2D eigenvalue weighted by molar-refractivity contribution is 5.39. The van der Waals surface area contributed by atoms with Crippen molar-refractivity contribution in [2.75, 3.05) is 11.9 Å². The van der Waals surface area contributed by atoms with E-state index in [0.29, 0.717) is 0 Å². The van der Waals surface area contributed by atoms with E-state index in [4.69, 9.17) is 0 Å². The zero-order valence-corrected chi connectivity index (χ0v) is 13.0. The normalized spacial score (nSPS) is 10.6. The second-order valence-corrected chi connectivity index (χ2v) is 5.50. The highest BCUT2D eigenvalue weighted by Crippen LogP contribution is 2.14. The van der Waals surface area contributed by atoms with Crippen LogP contribution in [0.4, 0.5) is 5.82 Å². The number of imidazole rings is 1. The minimum atomic E-state index is 0.732. The van der Waals surface area contributed by atoms with Crippen molar-refractivity contribution < 1.29 is 0 Å². The number of aromatic nitrogens is 3. The molecule has 3 aromatic rings. The number of aryl methyl sites for hydroxylation is 1. The fraction of sp³-hybridized carbons (Fsp3) is 0.222. The number of rotatable bonds is 5. The molecule has 0 amide bonds. The smallest absolute Gasteiger partial charge is 0.128 e. The van der Waals surface area contributed by atoms with Crippen molar-refractivity contribution in [2.24, 2.45) is 0 Å². The Morgan fingerprint density at radius 3 is 2.64 bits per heavy atom. The topological polar surface area (TPSA) is 34.0 Å². The maximum absolute atomic E-state index is 4.49. The van der Waals surface area contributed by atoms with Gasteiger partial charge in [-0.05, 0) is 30.2 Å². The number of benzene rings is 1. The van der Waals surface area contributed by atoms with E-state index in [2.05, 4.69) is 56.7 Å². The first-order valence-electron chi connectivity index (χ1n) is 7.40. The lowest BCUT2D eigenvalue weighted by atomic mass is 10.2. The molecule has 0 radical (unpaired) electrons. The van der Waals surface area contributed by atoms with Crippen molar-refractivity contribution in [3.8, 4) is 0 Å². The molecule has 0 aliphatic rings. The van der Waals surface area contributed by atoms with Crippen LogP contribution in [-0.4, -0.2) is 21.6 Å². The van der Waals surface area contributed by atoms with Crippen LogP contribution in [0.15, 0.2) is 61.1 Å². The number of hydrogen-bond acceptors (Lipinski definition) is 3. The average Bonchev–Trinajstić information content (AvgIpc) is 2.95. The van der Waals surface area contributed by atoms with Gasteiger partial charge in [-0.3, -0.25) is 0 Å². The summed E-state index contributed by atoms with van der Waals surface area (Å²) in [5.74, 6) is 2.00. The number of nitrogens with zero attached hydrogens (tertiary/aromatic N) is 4. The molecule has 0 saturated carbocycles. The molecular weight excluding hydrogens is 272 g/mol. The molecule has 0 bridgehead atoms. The van der Waals surface area contributed by atoms with Gasteiger partial charge in [0, 0.05) is 32.2 Å². The van der Waals surface area contributed by atoms with Gasteiger partial charge in [-0.2, -0.15) is 0 Å². The van der Waals surface area contributed by atoms with Crippen LogP contribution in [-0.2, 0) is 13.1 Å². The first-order chi connectivity index (χ1) is 10.7. The van der Waals surface area contributed by atoms with E-state index in [0.717, 1.165) is 24.7 Å². The summed E-state index contributed by atoms with van der Waals surface area (Å²) in [7, 11) is 2.04. The summed E-state index contributed by atoms with van der Waals surface area (Å²) in [5, 5.41) is 0. The maximum atomic E-state index is 4.49. The van der Waals surface area contributed by atoms with E-state index in [-0.39, 0.29) is 0 Å². The molecular formula is C18H20N4. The Labute approximate surface area is 131 Å². The summed E-state index contributed by atoms with van der Waals surface area (Å²) in [6, 6.07) is 14.5. The lowest BCUT2D eigenvalue weighted by molar-refractivity contribution is 0.704. The Hall–Kier alpha value is -2.62. The van der Waals surface area contributed by atoms with Gasteiger partial charge in [-0.25, -0.2) is 9.97 Å². The third-order valence-electron chi connectivity index (χ3n) is 3.67. The van der Waals surface area contributed by atoms with Gasteiger partial charge in [0.15, 0.2) is 0 Å². The first-order valence-corrected chi connectivity index (χ1v) is 7.40. The van der Waals surface area contributed by atoms with Gasteiger partial charge in [0.25, 0.3) is 0 Å². The Morgan fingerprint density at radius 1 is 1.05 bits per heavy atom. The molecule has 112 valence electrons. The summed E-state index contributed by atoms with van der Waals surface area (Å²) in [6.07, 6.45) is 5.73. The maximum Gasteiger partial charge on any atom is 0.128 e. The van der Waals surface area contributed by atoms with Gasteiger partial charge in [0.05, 0.1) is 6.54 Å². The van der Waals surface area contributed by atoms with Crippen molar-refractivity contribution in [1.82, 2.24) is 14.5 Å². The molecule has 2 heterocycles. The third-order valence-corrected chi connectivity index (χ3v) is 3.67. The van der Waals surface area contributed by atoms with Crippen LogP contribution in [0, 0.1) is 6.92 Å². The summed E-state index contributed by atoms with van der Waals surface area (Å²) in [4.78, 5) is 11.0. The van der Waals surface area contributed by atoms with Crippen LogP contribution < -0.4 is 4.90 Å². The van der Waals surface area contributed by atoms with Crippen LogP contribution in [0.2, 0.25) is 0 Å². The number of anilines is 1. The van der Waals surface area contributed by atoms with Crippen molar-refractivity contribution >= 4 is 5.82 Å². The highest BCUT2D eigenvalue weighted by Gasteiger charge is 2.09. The molecule has 4 nitrogen and oxygen atoms in total. The zero-order chi connectivity index (χ0) is 15.4. The SMILES string of the molecule is Cc1ccnc(N(C)Cc2nccn2Cc2ccccc2)c1. The van der Waals surface area contributed by atoms with Gasteiger partial charge in [-0.15, -0.1) is 0 Å². The molecule has 0 fully saturated rings. The van der Waals surface area contributed by atoms with Crippen LogP contribution in [0.5, 0.6) is 0 Å². The van der Waals surface area contributed by atoms with Crippen LogP contribution >= 0.6 is 0 Å². The molecule has 22 heavy (non-hydrogen) atoms. The summed E-state index contributed by atoms with van der Waals surface area (Å²) in [6.45, 7) is 3.65.